The van der Waals surface area contributed by atoms with E-state index in [4.69, 9.17) is 21.1 Å². The average molecular weight is 396 g/mol. The Hall–Kier alpha value is -1.50. The Morgan fingerprint density at radius 2 is 1.72 bits per heavy atom. The van der Waals surface area contributed by atoms with Gasteiger partial charge in [0.15, 0.2) is 0 Å². The maximum Gasteiger partial charge on any atom is 0.255 e. The molecule has 7 heteroatoms. The number of hydrogen-bond acceptors (Lipinski definition) is 5. The summed E-state index contributed by atoms with van der Waals surface area (Å²) in [6, 6.07) is 11.0. The third-order valence-corrected chi connectivity index (χ3v) is 7.19. The van der Waals surface area contributed by atoms with Crippen molar-refractivity contribution in [1.29, 1.82) is 0 Å². The van der Waals surface area contributed by atoms with Gasteiger partial charge in [-0.05, 0) is 17.7 Å². The minimum atomic E-state index is -0.207. The summed E-state index contributed by atoms with van der Waals surface area (Å²) in [5.41, 5.74) is 2.35. The number of ether oxygens (including phenoxy) is 2. The molecular formula is C18H18ClNO3S2. The van der Waals surface area contributed by atoms with E-state index in [1.165, 1.54) is 31.3 Å². The quantitative estimate of drug-likeness (QED) is 0.764. The smallest absolute Gasteiger partial charge is 0.255 e. The average Bonchev–Trinajstić information content (AvgIpc) is 3.17. The predicted molar refractivity (Wildman–Crippen MR) is 107 cm³/mol. The fraction of sp³-hybridized carbons (Fsp3) is 0.278. The van der Waals surface area contributed by atoms with Crippen LogP contribution < -0.4 is 14.8 Å². The van der Waals surface area contributed by atoms with Crippen LogP contribution in [0.5, 0.6) is 11.5 Å². The highest BCUT2D eigenvalue weighted by Crippen LogP contribution is 2.45. The lowest BCUT2D eigenvalue weighted by Crippen LogP contribution is -2.13. The van der Waals surface area contributed by atoms with E-state index in [0.717, 1.165) is 0 Å². The molecule has 0 unspecified atom stereocenters. The molecule has 1 N–H and O–H groups in total. The van der Waals surface area contributed by atoms with E-state index in [0.29, 0.717) is 32.4 Å². The van der Waals surface area contributed by atoms with Crippen molar-refractivity contribution in [3.63, 3.8) is 0 Å². The molecule has 0 saturated carbocycles. The summed E-state index contributed by atoms with van der Waals surface area (Å²) in [7, 11) is 3.05. The summed E-state index contributed by atoms with van der Waals surface area (Å²) in [4.78, 5) is 12.5. The summed E-state index contributed by atoms with van der Waals surface area (Å²) >= 11 is 9.98. The number of thioether (sulfide) groups is 2. The van der Waals surface area contributed by atoms with Crippen LogP contribution in [0.25, 0.3) is 0 Å². The molecule has 1 amide bonds. The van der Waals surface area contributed by atoms with Gasteiger partial charge in [0, 0.05) is 29.2 Å². The number of anilines is 1. The van der Waals surface area contributed by atoms with Crippen molar-refractivity contribution in [2.75, 3.05) is 31.0 Å². The first-order valence-corrected chi connectivity index (χ1v) is 10.2. The molecule has 0 atom stereocenters. The van der Waals surface area contributed by atoms with Gasteiger partial charge in [0.25, 0.3) is 5.91 Å². The zero-order valence-electron chi connectivity index (χ0n) is 13.9. The van der Waals surface area contributed by atoms with Crippen molar-refractivity contribution < 1.29 is 14.3 Å². The maximum atomic E-state index is 12.5. The fourth-order valence-corrected chi connectivity index (χ4v) is 5.59. The summed E-state index contributed by atoms with van der Waals surface area (Å²) < 4.78 is 11.0. The fourth-order valence-electron chi connectivity index (χ4n) is 2.50. The van der Waals surface area contributed by atoms with Gasteiger partial charge < -0.3 is 14.8 Å². The zero-order valence-corrected chi connectivity index (χ0v) is 16.3. The van der Waals surface area contributed by atoms with E-state index >= 15 is 0 Å². The van der Waals surface area contributed by atoms with E-state index in [1.54, 1.807) is 12.1 Å². The Balaban J connectivity index is 1.77. The Labute approximate surface area is 160 Å². The van der Waals surface area contributed by atoms with Crippen LogP contribution in [0.4, 0.5) is 5.69 Å². The molecule has 1 aliphatic heterocycles. The van der Waals surface area contributed by atoms with Crippen LogP contribution in [-0.4, -0.2) is 31.6 Å². The lowest BCUT2D eigenvalue weighted by atomic mass is 10.1. The van der Waals surface area contributed by atoms with Crippen molar-refractivity contribution in [2.45, 2.75) is 4.58 Å². The molecule has 0 aliphatic carbocycles. The topological polar surface area (TPSA) is 47.6 Å². The van der Waals surface area contributed by atoms with Gasteiger partial charge in [0.1, 0.15) is 11.5 Å². The van der Waals surface area contributed by atoms with Gasteiger partial charge in [-0.25, -0.2) is 0 Å². The lowest BCUT2D eigenvalue weighted by Gasteiger charge is -2.14. The van der Waals surface area contributed by atoms with Gasteiger partial charge >= 0.3 is 0 Å². The highest BCUT2D eigenvalue weighted by Gasteiger charge is 2.19. The van der Waals surface area contributed by atoms with E-state index in [2.05, 4.69) is 5.32 Å². The second-order valence-corrected chi connectivity index (χ2v) is 8.47. The minimum absolute atomic E-state index is 0.207. The second kappa shape index (κ2) is 8.25. The number of nitrogens with one attached hydrogen (secondary N) is 1. The molecule has 132 valence electrons. The molecule has 2 aromatic carbocycles. The molecule has 1 aliphatic rings. The Kier molecular flexibility index (Phi) is 6.04. The Morgan fingerprint density at radius 3 is 2.32 bits per heavy atom. The highest BCUT2D eigenvalue weighted by atomic mass is 35.5. The molecule has 0 radical (unpaired) electrons. The molecule has 0 spiro atoms. The number of carbonyl (C=O) groups is 1. The Morgan fingerprint density at radius 1 is 1.08 bits per heavy atom. The molecular weight excluding hydrogens is 378 g/mol. The van der Waals surface area contributed by atoms with Crippen LogP contribution in [0.3, 0.4) is 0 Å². The van der Waals surface area contributed by atoms with Gasteiger partial charge in [-0.3, -0.25) is 4.79 Å². The molecule has 0 bridgehead atoms. The maximum absolute atomic E-state index is 12.5. The SMILES string of the molecule is COc1cc(NC(=O)c2ccc(C3SCCS3)cc2)c(OC)cc1Cl. The first-order valence-electron chi connectivity index (χ1n) is 7.68. The number of hydrogen-bond donors (Lipinski definition) is 1. The molecule has 3 rings (SSSR count). The molecule has 1 fully saturated rings. The normalized spacial score (nSPS) is 14.4. The zero-order chi connectivity index (χ0) is 17.8. The third-order valence-electron chi connectivity index (χ3n) is 3.79. The summed E-state index contributed by atoms with van der Waals surface area (Å²) in [5.74, 6) is 3.10. The Bertz CT molecular complexity index is 762. The molecule has 1 heterocycles. The first kappa shape index (κ1) is 18.3. The van der Waals surface area contributed by atoms with Crippen LogP contribution in [0.15, 0.2) is 36.4 Å². The predicted octanol–water partition coefficient (Wildman–Crippen LogP) is 5.09. The van der Waals surface area contributed by atoms with Crippen LogP contribution in [0, 0.1) is 0 Å². The van der Waals surface area contributed by atoms with Crippen LogP contribution in [-0.2, 0) is 0 Å². The number of methoxy groups -OCH3 is 2. The summed E-state index contributed by atoms with van der Waals surface area (Å²) in [5, 5.41) is 3.28. The highest BCUT2D eigenvalue weighted by molar-refractivity contribution is 8.19. The standard InChI is InChI=1S/C18H18ClNO3S2/c1-22-15-10-14(16(23-2)9-13(15)19)20-17(21)11-3-5-12(6-4-11)18-24-7-8-25-18/h3-6,9-10,18H,7-8H2,1-2H3,(H,20,21). The van der Waals surface area contributed by atoms with Gasteiger partial charge in [-0.15, -0.1) is 23.5 Å². The van der Waals surface area contributed by atoms with Crippen molar-refractivity contribution in [3.8, 4) is 11.5 Å². The van der Waals surface area contributed by atoms with Crippen LogP contribution in [0.2, 0.25) is 5.02 Å². The number of halogens is 1. The van der Waals surface area contributed by atoms with Crippen molar-refractivity contribution in [3.05, 3.63) is 52.5 Å². The van der Waals surface area contributed by atoms with Gasteiger partial charge in [0.2, 0.25) is 0 Å². The van der Waals surface area contributed by atoms with Gasteiger partial charge in [-0.1, -0.05) is 23.7 Å². The summed E-state index contributed by atoms with van der Waals surface area (Å²) in [6.45, 7) is 0. The van der Waals surface area contributed by atoms with Gasteiger partial charge in [0.05, 0.1) is 29.5 Å². The third kappa shape index (κ3) is 4.19. The van der Waals surface area contributed by atoms with Crippen LogP contribution in [0.1, 0.15) is 20.5 Å². The van der Waals surface area contributed by atoms with Crippen molar-refractivity contribution in [2.24, 2.45) is 0 Å². The molecule has 1 saturated heterocycles. The van der Waals surface area contributed by atoms with Crippen LogP contribution >= 0.6 is 35.1 Å². The number of carbonyl (C=O) groups excluding carboxylic acids is 1. The first-order chi connectivity index (χ1) is 12.1. The number of rotatable bonds is 5. The lowest BCUT2D eigenvalue weighted by molar-refractivity contribution is 0.102. The number of amides is 1. The van der Waals surface area contributed by atoms with E-state index < -0.39 is 0 Å². The van der Waals surface area contributed by atoms with Crippen molar-refractivity contribution >= 4 is 46.7 Å². The largest absolute Gasteiger partial charge is 0.495 e. The molecule has 25 heavy (non-hydrogen) atoms. The van der Waals surface area contributed by atoms with E-state index in [1.807, 2.05) is 47.8 Å². The van der Waals surface area contributed by atoms with Gasteiger partial charge in [-0.2, -0.15) is 0 Å². The van der Waals surface area contributed by atoms with E-state index in [9.17, 15) is 4.79 Å². The second-order valence-electron chi connectivity index (χ2n) is 5.34. The molecule has 2 aromatic rings. The summed E-state index contributed by atoms with van der Waals surface area (Å²) in [6.07, 6.45) is 0. The monoisotopic (exact) mass is 395 g/mol. The molecule has 4 nitrogen and oxygen atoms in total. The van der Waals surface area contributed by atoms with Crippen molar-refractivity contribution in [1.82, 2.24) is 0 Å². The minimum Gasteiger partial charge on any atom is -0.495 e. The number of benzene rings is 2. The molecule has 0 aromatic heterocycles. The van der Waals surface area contributed by atoms with E-state index in [-0.39, 0.29) is 5.91 Å².